The van der Waals surface area contributed by atoms with Crippen molar-refractivity contribution in [3.05, 3.63) is 29.8 Å². The number of alkyl halides is 3. The number of nitrogens with zero attached hydrogens (tertiary/aromatic N) is 3. The average molecular weight is 329 g/mol. The van der Waals surface area contributed by atoms with E-state index in [2.05, 4.69) is 27.8 Å². The van der Waals surface area contributed by atoms with Gasteiger partial charge in [0.25, 0.3) is 0 Å². The van der Waals surface area contributed by atoms with Crippen molar-refractivity contribution in [3.63, 3.8) is 0 Å². The molecule has 2 rings (SSSR count). The molecule has 1 aromatic carbocycles. The second kappa shape index (κ2) is 5.72. The SMILES string of the molecule is CC1=NN(C(N)=S)C(=O)/C1=N/Nc1ccccc1C(F)(F)F. The van der Waals surface area contributed by atoms with Crippen molar-refractivity contribution >= 4 is 40.3 Å². The zero-order chi connectivity index (χ0) is 16.5. The summed E-state index contributed by atoms with van der Waals surface area (Å²) >= 11 is 4.64. The Morgan fingerprint density at radius 2 is 2.05 bits per heavy atom. The molecule has 1 aromatic rings. The van der Waals surface area contributed by atoms with Crippen molar-refractivity contribution in [1.29, 1.82) is 0 Å². The van der Waals surface area contributed by atoms with E-state index >= 15 is 0 Å². The van der Waals surface area contributed by atoms with Gasteiger partial charge >= 0.3 is 12.1 Å². The van der Waals surface area contributed by atoms with E-state index in [-0.39, 0.29) is 22.2 Å². The molecule has 3 N–H and O–H groups in total. The average Bonchev–Trinajstić information content (AvgIpc) is 2.71. The molecule has 0 saturated heterocycles. The summed E-state index contributed by atoms with van der Waals surface area (Å²) in [5.74, 6) is -0.706. The van der Waals surface area contributed by atoms with Gasteiger partial charge in [0.15, 0.2) is 10.8 Å². The van der Waals surface area contributed by atoms with Gasteiger partial charge in [0.2, 0.25) is 0 Å². The van der Waals surface area contributed by atoms with Gasteiger partial charge in [0.1, 0.15) is 0 Å². The minimum Gasteiger partial charge on any atom is -0.374 e. The second-order valence-corrected chi connectivity index (χ2v) is 4.67. The maximum Gasteiger partial charge on any atom is 0.418 e. The van der Waals surface area contributed by atoms with Gasteiger partial charge in [0.05, 0.1) is 17.0 Å². The van der Waals surface area contributed by atoms with Crippen molar-refractivity contribution in [3.8, 4) is 0 Å². The predicted octanol–water partition coefficient (Wildman–Crippen LogP) is 1.93. The number of hydrogen-bond acceptors (Lipinski definition) is 5. The van der Waals surface area contributed by atoms with Gasteiger partial charge in [-0.15, -0.1) is 0 Å². The fraction of sp³-hybridized carbons (Fsp3) is 0.167. The van der Waals surface area contributed by atoms with Crippen molar-refractivity contribution in [2.75, 3.05) is 5.43 Å². The van der Waals surface area contributed by atoms with Crippen LogP contribution >= 0.6 is 12.2 Å². The van der Waals surface area contributed by atoms with Crippen LogP contribution < -0.4 is 11.2 Å². The number of rotatable bonds is 2. The van der Waals surface area contributed by atoms with Crippen LogP contribution in [-0.4, -0.2) is 27.5 Å². The molecular formula is C12H10F3N5OS. The van der Waals surface area contributed by atoms with Crippen LogP contribution in [0.5, 0.6) is 0 Å². The Kier molecular flexibility index (Phi) is 4.13. The molecule has 6 nitrogen and oxygen atoms in total. The lowest BCUT2D eigenvalue weighted by Gasteiger charge is -2.12. The van der Waals surface area contributed by atoms with E-state index in [1.54, 1.807) is 0 Å². The van der Waals surface area contributed by atoms with Crippen molar-refractivity contribution in [2.24, 2.45) is 15.9 Å². The van der Waals surface area contributed by atoms with Gasteiger partial charge in [-0.2, -0.15) is 28.4 Å². The van der Waals surface area contributed by atoms with Crippen LogP contribution in [0.4, 0.5) is 18.9 Å². The van der Waals surface area contributed by atoms with Crippen LogP contribution in [0, 0.1) is 0 Å². The lowest BCUT2D eigenvalue weighted by atomic mass is 10.2. The molecular weight excluding hydrogens is 319 g/mol. The molecule has 0 radical (unpaired) electrons. The Morgan fingerprint density at radius 1 is 1.41 bits per heavy atom. The number of thiocarbonyl (C=S) groups is 1. The fourth-order valence-corrected chi connectivity index (χ4v) is 1.84. The van der Waals surface area contributed by atoms with Crippen molar-refractivity contribution < 1.29 is 18.0 Å². The van der Waals surface area contributed by atoms with Crippen LogP contribution in [0.3, 0.4) is 0 Å². The van der Waals surface area contributed by atoms with Gasteiger partial charge in [0, 0.05) is 0 Å². The summed E-state index contributed by atoms with van der Waals surface area (Å²) < 4.78 is 38.5. The third kappa shape index (κ3) is 3.06. The number of carbonyl (C=O) groups is 1. The first-order valence-corrected chi connectivity index (χ1v) is 6.32. The zero-order valence-electron chi connectivity index (χ0n) is 11.2. The molecule has 116 valence electrons. The van der Waals surface area contributed by atoms with E-state index < -0.39 is 17.6 Å². The maximum atomic E-state index is 12.8. The maximum absolute atomic E-state index is 12.8. The molecule has 0 bridgehead atoms. The molecule has 1 aliphatic heterocycles. The topological polar surface area (TPSA) is 83.1 Å². The Bertz CT molecular complexity index is 698. The van der Waals surface area contributed by atoms with E-state index in [9.17, 15) is 18.0 Å². The highest BCUT2D eigenvalue weighted by Gasteiger charge is 2.34. The Morgan fingerprint density at radius 3 is 2.59 bits per heavy atom. The molecule has 1 aliphatic rings. The second-order valence-electron chi connectivity index (χ2n) is 4.26. The fourth-order valence-electron chi connectivity index (χ4n) is 1.72. The molecule has 0 unspecified atom stereocenters. The quantitative estimate of drug-likeness (QED) is 0.641. The molecule has 0 fully saturated rings. The number of halogens is 3. The smallest absolute Gasteiger partial charge is 0.374 e. The van der Waals surface area contributed by atoms with Crippen LogP contribution in [0.15, 0.2) is 34.5 Å². The van der Waals surface area contributed by atoms with E-state index in [0.29, 0.717) is 0 Å². The van der Waals surface area contributed by atoms with Gasteiger partial charge in [-0.3, -0.25) is 10.2 Å². The molecule has 0 aliphatic carbocycles. The first-order valence-electron chi connectivity index (χ1n) is 5.91. The first kappa shape index (κ1) is 15.9. The normalized spacial score (nSPS) is 16.9. The number of nitrogens with two attached hydrogens (primary N) is 1. The number of nitrogens with one attached hydrogen (secondary N) is 1. The molecule has 0 atom stereocenters. The number of benzene rings is 1. The van der Waals surface area contributed by atoms with E-state index in [1.165, 1.54) is 25.1 Å². The lowest BCUT2D eigenvalue weighted by Crippen LogP contribution is -2.36. The number of hydrogen-bond donors (Lipinski definition) is 2. The highest BCUT2D eigenvalue weighted by atomic mass is 32.1. The highest BCUT2D eigenvalue weighted by Crippen LogP contribution is 2.34. The van der Waals surface area contributed by atoms with Crippen LogP contribution in [-0.2, 0) is 11.0 Å². The monoisotopic (exact) mass is 329 g/mol. The molecule has 1 amide bonds. The molecule has 0 saturated carbocycles. The van der Waals surface area contributed by atoms with Crippen LogP contribution in [0.1, 0.15) is 12.5 Å². The number of para-hydroxylation sites is 1. The zero-order valence-corrected chi connectivity index (χ0v) is 12.0. The summed E-state index contributed by atoms with van der Waals surface area (Å²) in [5.41, 5.74) is 6.39. The predicted molar refractivity (Wildman–Crippen MR) is 79.2 cm³/mol. The number of hydrazone groups is 2. The Hall–Kier alpha value is -2.49. The summed E-state index contributed by atoms with van der Waals surface area (Å²) in [6.45, 7) is 1.46. The van der Waals surface area contributed by atoms with Crippen molar-refractivity contribution in [1.82, 2.24) is 5.01 Å². The number of amides is 1. The Balaban J connectivity index is 2.29. The van der Waals surface area contributed by atoms with Crippen molar-refractivity contribution in [2.45, 2.75) is 13.1 Å². The van der Waals surface area contributed by atoms with Gasteiger partial charge < -0.3 is 5.73 Å². The molecule has 10 heteroatoms. The lowest BCUT2D eigenvalue weighted by molar-refractivity contribution is -0.137. The van der Waals surface area contributed by atoms with Crippen LogP contribution in [0.25, 0.3) is 0 Å². The minimum atomic E-state index is -4.54. The number of carbonyl (C=O) groups excluding carboxylic acids is 1. The van der Waals surface area contributed by atoms with E-state index in [0.717, 1.165) is 11.1 Å². The summed E-state index contributed by atoms with van der Waals surface area (Å²) in [5, 5.41) is 7.94. The minimum absolute atomic E-state index is 0.162. The summed E-state index contributed by atoms with van der Waals surface area (Å²) in [4.78, 5) is 11.9. The molecule has 22 heavy (non-hydrogen) atoms. The third-order valence-electron chi connectivity index (χ3n) is 2.72. The van der Waals surface area contributed by atoms with Gasteiger partial charge in [-0.05, 0) is 31.3 Å². The number of anilines is 1. The van der Waals surface area contributed by atoms with E-state index in [1.807, 2.05) is 0 Å². The Labute approximate surface area is 128 Å². The highest BCUT2D eigenvalue weighted by molar-refractivity contribution is 7.80. The third-order valence-corrected chi connectivity index (χ3v) is 2.89. The first-order chi connectivity index (χ1) is 10.2. The largest absolute Gasteiger partial charge is 0.418 e. The standard InChI is InChI=1S/C12H10F3N5OS/c1-6-9(10(21)20(19-6)11(16)22)18-17-8-5-3-2-4-7(8)12(13,14)15/h2-5,17H,1H3,(H2,16,22)/b18-9+. The molecule has 0 aromatic heterocycles. The summed E-state index contributed by atoms with van der Waals surface area (Å²) in [7, 11) is 0. The van der Waals surface area contributed by atoms with E-state index in [4.69, 9.17) is 5.73 Å². The van der Waals surface area contributed by atoms with Gasteiger partial charge in [-0.25, -0.2) is 0 Å². The molecule has 0 spiro atoms. The van der Waals surface area contributed by atoms with Crippen LogP contribution in [0.2, 0.25) is 0 Å². The van der Waals surface area contributed by atoms with Gasteiger partial charge in [-0.1, -0.05) is 12.1 Å². The summed E-state index contributed by atoms with van der Waals surface area (Å²) in [6, 6.07) is 4.77. The molecule has 1 heterocycles. The summed E-state index contributed by atoms with van der Waals surface area (Å²) in [6.07, 6.45) is -4.54.